The summed E-state index contributed by atoms with van der Waals surface area (Å²) in [7, 11) is 0. The normalized spacial score (nSPS) is 13.0. The number of fused-ring (bicyclic) bond motifs is 1. The number of thiophene rings is 1. The molecule has 1 unspecified atom stereocenters. The fourth-order valence-corrected chi connectivity index (χ4v) is 3.85. The van der Waals surface area contributed by atoms with Crippen molar-refractivity contribution in [3.8, 4) is 0 Å². The maximum atomic E-state index is 6.34. The quantitative estimate of drug-likeness (QED) is 0.741. The third-order valence-corrected chi connectivity index (χ3v) is 5.22. The average molecular weight is 336 g/mol. The first-order valence-corrected chi connectivity index (χ1v) is 7.87. The van der Waals surface area contributed by atoms with Gasteiger partial charge >= 0.3 is 0 Å². The van der Waals surface area contributed by atoms with Crippen LogP contribution >= 0.6 is 27.3 Å². The molecule has 3 rings (SSSR count). The first kappa shape index (κ1) is 12.9. The smallest absolute Gasteiger partial charge is 0.125 e. The van der Waals surface area contributed by atoms with Crippen LogP contribution in [0.1, 0.15) is 30.0 Å². The molecule has 0 aliphatic carbocycles. The number of rotatable bonds is 3. The van der Waals surface area contributed by atoms with E-state index in [0.717, 1.165) is 28.0 Å². The second kappa shape index (κ2) is 5.12. The molecule has 0 radical (unpaired) electrons. The van der Waals surface area contributed by atoms with Gasteiger partial charge in [-0.1, -0.05) is 19.1 Å². The summed E-state index contributed by atoms with van der Waals surface area (Å²) in [6.07, 6.45) is 0.892. The lowest BCUT2D eigenvalue weighted by Gasteiger charge is -2.08. The fraction of sp³-hybridized carbons (Fsp3) is 0.200. The highest BCUT2D eigenvalue weighted by Crippen LogP contribution is 2.36. The van der Waals surface area contributed by atoms with E-state index in [-0.39, 0.29) is 6.04 Å². The van der Waals surface area contributed by atoms with Crippen molar-refractivity contribution < 1.29 is 4.42 Å². The van der Waals surface area contributed by atoms with Crippen molar-refractivity contribution in [2.45, 2.75) is 19.4 Å². The zero-order valence-corrected chi connectivity index (χ0v) is 12.9. The van der Waals surface area contributed by atoms with Crippen LogP contribution < -0.4 is 5.73 Å². The number of aryl methyl sites for hydroxylation is 1. The van der Waals surface area contributed by atoms with E-state index in [0.29, 0.717) is 0 Å². The maximum Gasteiger partial charge on any atom is 0.125 e. The van der Waals surface area contributed by atoms with Gasteiger partial charge in [0.25, 0.3) is 0 Å². The SMILES string of the molecule is CCc1ccc(C(N)c2csc3c(Br)cccc23)o1. The molecule has 2 heterocycles. The van der Waals surface area contributed by atoms with Gasteiger partial charge in [-0.3, -0.25) is 0 Å². The highest BCUT2D eigenvalue weighted by atomic mass is 79.9. The number of furan rings is 1. The van der Waals surface area contributed by atoms with Crippen molar-refractivity contribution in [2.75, 3.05) is 0 Å². The van der Waals surface area contributed by atoms with E-state index < -0.39 is 0 Å². The summed E-state index contributed by atoms with van der Waals surface area (Å²) >= 11 is 5.28. The summed E-state index contributed by atoms with van der Waals surface area (Å²) < 4.78 is 8.11. The Hall–Kier alpha value is -1.10. The van der Waals surface area contributed by atoms with Crippen LogP contribution in [0.4, 0.5) is 0 Å². The third-order valence-electron chi connectivity index (χ3n) is 3.25. The van der Waals surface area contributed by atoms with Crippen LogP contribution in [0.25, 0.3) is 10.1 Å². The van der Waals surface area contributed by atoms with Gasteiger partial charge < -0.3 is 10.2 Å². The van der Waals surface area contributed by atoms with Crippen LogP contribution in [0.5, 0.6) is 0 Å². The molecular formula is C15H14BrNOS. The Morgan fingerprint density at radius 1 is 1.32 bits per heavy atom. The van der Waals surface area contributed by atoms with Gasteiger partial charge in [-0.2, -0.15) is 0 Å². The molecule has 0 saturated carbocycles. The van der Waals surface area contributed by atoms with E-state index in [9.17, 15) is 0 Å². The number of halogens is 1. The van der Waals surface area contributed by atoms with Crippen LogP contribution in [0.2, 0.25) is 0 Å². The average Bonchev–Trinajstić information content (AvgIpc) is 3.05. The molecule has 0 spiro atoms. The number of hydrogen-bond donors (Lipinski definition) is 1. The molecule has 19 heavy (non-hydrogen) atoms. The first-order chi connectivity index (χ1) is 9.20. The van der Waals surface area contributed by atoms with Gasteiger partial charge in [0, 0.05) is 15.6 Å². The van der Waals surface area contributed by atoms with Gasteiger partial charge in [0.2, 0.25) is 0 Å². The minimum absolute atomic E-state index is 0.205. The third kappa shape index (κ3) is 2.24. The fourth-order valence-electron chi connectivity index (χ4n) is 2.19. The zero-order chi connectivity index (χ0) is 13.4. The summed E-state index contributed by atoms with van der Waals surface area (Å²) in [6.45, 7) is 2.07. The Morgan fingerprint density at radius 3 is 2.89 bits per heavy atom. The lowest BCUT2D eigenvalue weighted by atomic mass is 10.0. The van der Waals surface area contributed by atoms with E-state index in [1.165, 1.54) is 10.1 Å². The van der Waals surface area contributed by atoms with Crippen LogP contribution in [0.15, 0.2) is 44.6 Å². The molecule has 0 amide bonds. The lowest BCUT2D eigenvalue weighted by Crippen LogP contribution is -2.10. The van der Waals surface area contributed by atoms with Gasteiger partial charge in [-0.25, -0.2) is 0 Å². The molecule has 0 saturated heterocycles. The van der Waals surface area contributed by atoms with E-state index in [1.807, 2.05) is 18.2 Å². The molecule has 2 N–H and O–H groups in total. The summed E-state index contributed by atoms with van der Waals surface area (Å²) in [6, 6.07) is 9.97. The predicted octanol–water partition coefficient (Wildman–Crippen LogP) is 4.87. The van der Waals surface area contributed by atoms with Crippen molar-refractivity contribution in [3.05, 3.63) is 57.3 Å². The molecule has 4 heteroatoms. The highest BCUT2D eigenvalue weighted by molar-refractivity contribution is 9.10. The van der Waals surface area contributed by atoms with Gasteiger partial charge in [0.1, 0.15) is 11.5 Å². The second-order valence-electron chi connectivity index (χ2n) is 4.44. The number of hydrogen-bond acceptors (Lipinski definition) is 3. The van der Waals surface area contributed by atoms with E-state index in [4.69, 9.17) is 10.2 Å². The molecule has 1 atom stereocenters. The van der Waals surface area contributed by atoms with Crippen molar-refractivity contribution >= 4 is 37.4 Å². The molecule has 2 nitrogen and oxygen atoms in total. The number of nitrogens with two attached hydrogens (primary N) is 1. The molecule has 98 valence electrons. The summed E-state index contributed by atoms with van der Waals surface area (Å²) in [5.74, 6) is 1.81. The van der Waals surface area contributed by atoms with Gasteiger partial charge in [-0.05, 0) is 50.5 Å². The van der Waals surface area contributed by atoms with Crippen molar-refractivity contribution in [1.82, 2.24) is 0 Å². The maximum absolute atomic E-state index is 6.34. The second-order valence-corrected chi connectivity index (χ2v) is 6.18. The molecular weight excluding hydrogens is 322 g/mol. The predicted molar refractivity (Wildman–Crippen MR) is 83.6 cm³/mol. The Bertz CT molecular complexity index is 716. The van der Waals surface area contributed by atoms with E-state index in [2.05, 4.69) is 40.4 Å². The minimum Gasteiger partial charge on any atom is -0.464 e. The molecule has 3 aromatic rings. The zero-order valence-electron chi connectivity index (χ0n) is 10.5. The van der Waals surface area contributed by atoms with E-state index >= 15 is 0 Å². The van der Waals surface area contributed by atoms with Crippen molar-refractivity contribution in [1.29, 1.82) is 0 Å². The summed E-state index contributed by atoms with van der Waals surface area (Å²) in [5.41, 5.74) is 7.47. The van der Waals surface area contributed by atoms with Crippen LogP contribution in [0.3, 0.4) is 0 Å². The summed E-state index contributed by atoms with van der Waals surface area (Å²) in [4.78, 5) is 0. The molecule has 0 bridgehead atoms. The Balaban J connectivity index is 2.06. The first-order valence-electron chi connectivity index (χ1n) is 6.20. The van der Waals surface area contributed by atoms with Crippen molar-refractivity contribution in [3.63, 3.8) is 0 Å². The summed E-state index contributed by atoms with van der Waals surface area (Å²) in [5, 5.41) is 3.31. The van der Waals surface area contributed by atoms with E-state index in [1.54, 1.807) is 11.3 Å². The number of benzene rings is 1. The van der Waals surface area contributed by atoms with Crippen LogP contribution in [-0.4, -0.2) is 0 Å². The monoisotopic (exact) mass is 335 g/mol. The Labute approximate surface area is 124 Å². The minimum atomic E-state index is -0.205. The topological polar surface area (TPSA) is 39.2 Å². The van der Waals surface area contributed by atoms with Crippen LogP contribution in [-0.2, 0) is 6.42 Å². The highest BCUT2D eigenvalue weighted by Gasteiger charge is 2.17. The molecule has 0 aliphatic rings. The lowest BCUT2D eigenvalue weighted by molar-refractivity contribution is 0.455. The molecule has 1 aromatic carbocycles. The van der Waals surface area contributed by atoms with Gasteiger partial charge in [0.05, 0.1) is 6.04 Å². The Morgan fingerprint density at radius 2 is 2.16 bits per heavy atom. The standard InChI is InChI=1S/C15H14BrNOS/c1-2-9-6-7-13(18-9)14(17)11-8-19-15-10(11)4-3-5-12(15)16/h3-8,14H,2,17H2,1H3. The molecule has 2 aromatic heterocycles. The van der Waals surface area contributed by atoms with Gasteiger partial charge in [-0.15, -0.1) is 11.3 Å². The Kier molecular flexibility index (Phi) is 3.48. The van der Waals surface area contributed by atoms with Gasteiger partial charge in [0.15, 0.2) is 0 Å². The van der Waals surface area contributed by atoms with Crippen molar-refractivity contribution in [2.24, 2.45) is 5.73 Å². The van der Waals surface area contributed by atoms with Crippen LogP contribution in [0, 0.1) is 0 Å². The molecule has 0 fully saturated rings. The molecule has 0 aliphatic heterocycles. The largest absolute Gasteiger partial charge is 0.464 e.